The number of aliphatic imine (C=N–C) groups is 1. The fraction of sp³-hybridized carbons (Fsp3) is 0.174. The maximum Gasteiger partial charge on any atom is 0.197 e. The molecule has 1 aliphatic heterocycles. The van der Waals surface area contributed by atoms with Crippen LogP contribution in [0, 0.1) is 0 Å². The molecule has 1 aliphatic rings. The minimum atomic E-state index is 0.478. The van der Waals surface area contributed by atoms with E-state index in [1.165, 1.54) is 11.3 Å². The first-order chi connectivity index (χ1) is 15.3. The van der Waals surface area contributed by atoms with Gasteiger partial charge in [-0.05, 0) is 48.9 Å². The maximum atomic E-state index is 5.79. The first kappa shape index (κ1) is 19.3. The van der Waals surface area contributed by atoms with Crippen molar-refractivity contribution in [3.8, 4) is 28.4 Å². The van der Waals surface area contributed by atoms with Gasteiger partial charge in [0.1, 0.15) is 18.1 Å². The summed E-state index contributed by atoms with van der Waals surface area (Å²) in [6.45, 7) is 2.25. The molecule has 156 valence electrons. The highest BCUT2D eigenvalue weighted by atomic mass is 32.1. The average Bonchev–Trinajstić information content (AvgIpc) is 3.51. The molecule has 4 aromatic rings. The normalized spacial score (nSPS) is 13.4. The molecule has 0 aliphatic carbocycles. The van der Waals surface area contributed by atoms with Crippen LogP contribution in [0.4, 0.5) is 5.13 Å². The molecular formula is C23H21N5O2S. The summed E-state index contributed by atoms with van der Waals surface area (Å²) in [6.07, 6.45) is 4.38. The van der Waals surface area contributed by atoms with E-state index in [2.05, 4.69) is 20.6 Å². The molecule has 4 heterocycles. The van der Waals surface area contributed by atoms with Crippen molar-refractivity contribution >= 4 is 22.4 Å². The smallest absolute Gasteiger partial charge is 0.197 e. The highest BCUT2D eigenvalue weighted by molar-refractivity contribution is 7.14. The van der Waals surface area contributed by atoms with Gasteiger partial charge in [-0.1, -0.05) is 6.07 Å². The van der Waals surface area contributed by atoms with Crippen LogP contribution in [0.2, 0.25) is 0 Å². The van der Waals surface area contributed by atoms with E-state index in [1.807, 2.05) is 53.9 Å². The Bertz CT molecular complexity index is 1170. The van der Waals surface area contributed by atoms with Gasteiger partial charge < -0.3 is 19.8 Å². The van der Waals surface area contributed by atoms with Gasteiger partial charge in [0.2, 0.25) is 0 Å². The van der Waals surface area contributed by atoms with E-state index in [4.69, 9.17) is 14.1 Å². The van der Waals surface area contributed by atoms with E-state index in [1.54, 1.807) is 12.5 Å². The lowest BCUT2D eigenvalue weighted by Gasteiger charge is -2.14. The highest BCUT2D eigenvalue weighted by Crippen LogP contribution is 2.27. The number of nitrogens with one attached hydrogen (secondary N) is 2. The number of anilines is 1. The summed E-state index contributed by atoms with van der Waals surface area (Å²) in [7, 11) is 0. The molecular weight excluding hydrogens is 410 g/mol. The predicted octanol–water partition coefficient (Wildman–Crippen LogP) is 4.81. The zero-order chi connectivity index (χ0) is 20.9. The molecule has 0 saturated heterocycles. The third kappa shape index (κ3) is 4.75. The minimum absolute atomic E-state index is 0.478. The number of pyridine rings is 1. The number of guanidine groups is 1. The SMILES string of the molecule is c1cc(-c2ccc(OCc3ccoc3)cc2)nc(-c2csc(NC3=NCCCN3)n2)c1. The van der Waals surface area contributed by atoms with Crippen LogP contribution in [0.25, 0.3) is 22.6 Å². The van der Waals surface area contributed by atoms with Gasteiger partial charge in [-0.15, -0.1) is 11.3 Å². The molecule has 0 atom stereocenters. The van der Waals surface area contributed by atoms with Crippen LogP contribution in [0.3, 0.4) is 0 Å². The number of furan rings is 1. The van der Waals surface area contributed by atoms with Gasteiger partial charge in [-0.3, -0.25) is 4.99 Å². The molecule has 7 nitrogen and oxygen atoms in total. The van der Waals surface area contributed by atoms with E-state index in [0.29, 0.717) is 6.61 Å². The van der Waals surface area contributed by atoms with Crippen LogP contribution < -0.4 is 15.4 Å². The quantitative estimate of drug-likeness (QED) is 0.456. The van der Waals surface area contributed by atoms with Crippen molar-refractivity contribution < 1.29 is 9.15 Å². The molecule has 0 bridgehead atoms. The second-order valence-corrected chi connectivity index (χ2v) is 7.88. The Kier molecular flexibility index (Phi) is 5.62. The Hall–Kier alpha value is -3.65. The lowest BCUT2D eigenvalue weighted by molar-refractivity contribution is 0.305. The number of nitrogens with zero attached hydrogens (tertiary/aromatic N) is 3. The van der Waals surface area contributed by atoms with E-state index in [9.17, 15) is 0 Å². The van der Waals surface area contributed by atoms with Gasteiger partial charge in [-0.25, -0.2) is 9.97 Å². The number of ether oxygens (including phenoxy) is 1. The number of hydrogen-bond donors (Lipinski definition) is 2. The topological polar surface area (TPSA) is 84.6 Å². The summed E-state index contributed by atoms with van der Waals surface area (Å²) >= 11 is 1.54. The molecule has 0 spiro atoms. The van der Waals surface area contributed by atoms with Crippen molar-refractivity contribution in [1.82, 2.24) is 15.3 Å². The summed E-state index contributed by atoms with van der Waals surface area (Å²) < 4.78 is 10.9. The van der Waals surface area contributed by atoms with Crippen molar-refractivity contribution in [2.45, 2.75) is 13.0 Å². The summed E-state index contributed by atoms with van der Waals surface area (Å²) in [6, 6.07) is 15.8. The number of benzene rings is 1. The fourth-order valence-corrected chi connectivity index (χ4v) is 3.87. The average molecular weight is 432 g/mol. The third-order valence-electron chi connectivity index (χ3n) is 4.77. The molecule has 0 fully saturated rings. The van der Waals surface area contributed by atoms with Crippen LogP contribution in [-0.2, 0) is 6.61 Å². The first-order valence-corrected chi connectivity index (χ1v) is 10.9. The van der Waals surface area contributed by atoms with Crippen molar-refractivity contribution in [2.24, 2.45) is 4.99 Å². The number of rotatable bonds is 6. The van der Waals surface area contributed by atoms with Crippen LogP contribution in [0.1, 0.15) is 12.0 Å². The lowest BCUT2D eigenvalue weighted by atomic mass is 10.1. The standard InChI is InChI=1S/C23H21N5O2S/c1-3-19(17-5-7-18(8-6-17)30-14-16-9-12-29-13-16)26-20(4-1)21-15-31-23(27-21)28-22-24-10-2-11-25-22/h1,3-9,12-13,15H,2,10-11,14H2,(H2,24,25,27,28). The van der Waals surface area contributed by atoms with Crippen LogP contribution in [0.15, 0.2) is 75.8 Å². The third-order valence-corrected chi connectivity index (χ3v) is 5.53. The minimum Gasteiger partial charge on any atom is -0.489 e. The van der Waals surface area contributed by atoms with Crippen molar-refractivity contribution in [1.29, 1.82) is 0 Å². The Morgan fingerprint density at radius 1 is 1.03 bits per heavy atom. The van der Waals surface area contributed by atoms with E-state index in [-0.39, 0.29) is 0 Å². The number of thiazole rings is 1. The molecule has 31 heavy (non-hydrogen) atoms. The molecule has 0 unspecified atom stereocenters. The van der Waals surface area contributed by atoms with E-state index < -0.39 is 0 Å². The van der Waals surface area contributed by atoms with Gasteiger partial charge in [0.05, 0.1) is 23.9 Å². The summed E-state index contributed by atoms with van der Waals surface area (Å²) in [5.74, 6) is 1.58. The van der Waals surface area contributed by atoms with Gasteiger partial charge in [-0.2, -0.15) is 0 Å². The molecule has 3 aromatic heterocycles. The van der Waals surface area contributed by atoms with Crippen molar-refractivity contribution in [2.75, 3.05) is 18.4 Å². The molecule has 8 heteroatoms. The molecule has 0 saturated carbocycles. The van der Waals surface area contributed by atoms with Gasteiger partial charge >= 0.3 is 0 Å². The van der Waals surface area contributed by atoms with E-state index >= 15 is 0 Å². The Morgan fingerprint density at radius 2 is 1.94 bits per heavy atom. The van der Waals surface area contributed by atoms with Crippen LogP contribution in [-0.4, -0.2) is 29.0 Å². The van der Waals surface area contributed by atoms with Crippen LogP contribution in [0.5, 0.6) is 5.75 Å². The second kappa shape index (κ2) is 9.01. The zero-order valence-electron chi connectivity index (χ0n) is 16.7. The fourth-order valence-electron chi connectivity index (χ4n) is 3.17. The number of hydrogen-bond acceptors (Lipinski definition) is 8. The molecule has 1 aromatic carbocycles. The van der Waals surface area contributed by atoms with Crippen LogP contribution >= 0.6 is 11.3 Å². The molecule has 0 amide bonds. The van der Waals surface area contributed by atoms with Crippen molar-refractivity contribution in [3.63, 3.8) is 0 Å². The van der Waals surface area contributed by atoms with E-state index in [0.717, 1.165) is 64.6 Å². The largest absolute Gasteiger partial charge is 0.489 e. The van der Waals surface area contributed by atoms with Gasteiger partial charge in [0.25, 0.3) is 0 Å². The first-order valence-electron chi connectivity index (χ1n) is 10.1. The maximum absolute atomic E-state index is 5.79. The van der Waals surface area contributed by atoms with Gasteiger partial charge in [0.15, 0.2) is 11.1 Å². The summed E-state index contributed by atoms with van der Waals surface area (Å²) in [5.41, 5.74) is 4.58. The zero-order valence-corrected chi connectivity index (χ0v) is 17.6. The molecule has 0 radical (unpaired) electrons. The Balaban J connectivity index is 1.28. The lowest BCUT2D eigenvalue weighted by Crippen LogP contribution is -2.35. The highest BCUT2D eigenvalue weighted by Gasteiger charge is 2.10. The number of aromatic nitrogens is 2. The van der Waals surface area contributed by atoms with Crippen molar-refractivity contribution in [3.05, 3.63) is 72.0 Å². The monoisotopic (exact) mass is 431 g/mol. The molecule has 2 N–H and O–H groups in total. The second-order valence-electron chi connectivity index (χ2n) is 7.03. The molecule has 5 rings (SSSR count). The summed E-state index contributed by atoms with van der Waals surface area (Å²) in [4.78, 5) is 13.9. The van der Waals surface area contributed by atoms with Gasteiger partial charge in [0, 0.05) is 29.6 Å². The Morgan fingerprint density at radius 3 is 2.74 bits per heavy atom. The summed E-state index contributed by atoms with van der Waals surface area (Å²) in [5, 5.41) is 9.29. The Labute approximate surface area is 183 Å². The predicted molar refractivity (Wildman–Crippen MR) is 122 cm³/mol.